The molecule has 8 heteroatoms. The van der Waals surface area contributed by atoms with Crippen molar-refractivity contribution in [3.63, 3.8) is 0 Å². The summed E-state index contributed by atoms with van der Waals surface area (Å²) in [6.07, 6.45) is 1.56. The number of urea groups is 1. The van der Waals surface area contributed by atoms with Crippen LogP contribution in [0.5, 0.6) is 5.75 Å². The fourth-order valence-corrected chi connectivity index (χ4v) is 3.32. The molecule has 1 aliphatic heterocycles. The van der Waals surface area contributed by atoms with Gasteiger partial charge in [0.15, 0.2) is 0 Å². The normalized spacial score (nSPS) is 13.8. The van der Waals surface area contributed by atoms with Crippen LogP contribution in [0.25, 0.3) is 11.0 Å². The minimum Gasteiger partial charge on any atom is -0.486 e. The van der Waals surface area contributed by atoms with Crippen LogP contribution < -0.4 is 10.1 Å². The van der Waals surface area contributed by atoms with E-state index in [-0.39, 0.29) is 18.0 Å². The third-order valence-corrected chi connectivity index (χ3v) is 4.93. The lowest BCUT2D eigenvalue weighted by Gasteiger charge is -2.40. The lowest BCUT2D eigenvalue weighted by molar-refractivity contribution is 0.0365. The lowest BCUT2D eigenvalue weighted by Crippen LogP contribution is -2.58. The number of ether oxygens (including phenoxy) is 1. The van der Waals surface area contributed by atoms with Gasteiger partial charge in [-0.05, 0) is 43.7 Å². The molecule has 0 radical (unpaired) electrons. The molecule has 0 atom stereocenters. The number of nitrogens with one attached hydrogen (secondary N) is 1. The summed E-state index contributed by atoms with van der Waals surface area (Å²) in [5, 5.41) is 3.60. The summed E-state index contributed by atoms with van der Waals surface area (Å²) < 4.78 is 11.9. The summed E-state index contributed by atoms with van der Waals surface area (Å²) in [6.45, 7) is 4.78. The van der Waals surface area contributed by atoms with Crippen LogP contribution in [-0.2, 0) is 0 Å². The van der Waals surface area contributed by atoms with E-state index in [1.54, 1.807) is 43.4 Å². The first kappa shape index (κ1) is 19.8. The van der Waals surface area contributed by atoms with Crippen LogP contribution in [0.2, 0.25) is 0 Å². The Bertz CT molecular complexity index is 1100. The van der Waals surface area contributed by atoms with Crippen molar-refractivity contribution in [1.82, 2.24) is 14.8 Å². The molecule has 1 aromatic carbocycles. The predicted molar refractivity (Wildman–Crippen MR) is 113 cm³/mol. The Labute approximate surface area is 174 Å². The minimum absolute atomic E-state index is 0.0436. The van der Waals surface area contributed by atoms with Crippen molar-refractivity contribution in [1.29, 1.82) is 0 Å². The number of pyridine rings is 1. The van der Waals surface area contributed by atoms with E-state index in [0.717, 1.165) is 16.7 Å². The molecule has 3 amide bonds. The average Bonchev–Trinajstić information content (AvgIpc) is 3.05. The predicted octanol–water partition coefficient (Wildman–Crippen LogP) is 3.44. The number of aryl methyl sites for hydroxylation is 2. The van der Waals surface area contributed by atoms with E-state index in [1.165, 1.54) is 4.90 Å². The second-order valence-corrected chi connectivity index (χ2v) is 7.74. The van der Waals surface area contributed by atoms with Crippen LogP contribution in [0.4, 0.5) is 10.6 Å². The van der Waals surface area contributed by atoms with Crippen molar-refractivity contribution in [3.05, 3.63) is 53.4 Å². The fraction of sp³-hybridized carbons (Fsp3) is 0.318. The molecule has 4 rings (SSSR count). The largest absolute Gasteiger partial charge is 0.486 e. The summed E-state index contributed by atoms with van der Waals surface area (Å²) in [5.74, 6) is 1.46. The van der Waals surface area contributed by atoms with E-state index in [1.807, 2.05) is 26.0 Å². The zero-order chi connectivity index (χ0) is 21.4. The first-order chi connectivity index (χ1) is 14.3. The molecule has 2 aromatic heterocycles. The number of likely N-dealkylation sites (tertiary alicyclic amines) is 1. The van der Waals surface area contributed by atoms with Crippen LogP contribution in [-0.4, -0.2) is 60.0 Å². The molecule has 1 aliphatic rings. The van der Waals surface area contributed by atoms with Gasteiger partial charge in [0.2, 0.25) is 0 Å². The maximum Gasteiger partial charge on any atom is 0.319 e. The number of furan rings is 1. The van der Waals surface area contributed by atoms with Gasteiger partial charge < -0.3 is 24.3 Å². The SMILES string of the molecule is Cc1ccc(NC(=O)c2cc(OC3CN(C(=O)N(C)C)C3)c3cc(C)oc3c2)nc1. The molecule has 8 nitrogen and oxygen atoms in total. The zero-order valence-corrected chi connectivity index (χ0v) is 17.4. The number of carbonyl (C=O) groups is 2. The number of hydrogen-bond acceptors (Lipinski definition) is 5. The maximum atomic E-state index is 12.8. The first-order valence-electron chi connectivity index (χ1n) is 9.71. The number of carbonyl (C=O) groups excluding carboxylic acids is 2. The number of hydrogen-bond donors (Lipinski definition) is 1. The standard InChI is InChI=1S/C22H24N4O4/c1-13-5-6-20(23-10-13)24-21(27)15-8-18-17(7-14(2)29-18)19(9-15)30-16-11-26(12-16)22(28)25(3)4/h5-10,16H,11-12H2,1-4H3,(H,23,24,27). The molecular weight excluding hydrogens is 384 g/mol. The molecule has 30 heavy (non-hydrogen) atoms. The smallest absolute Gasteiger partial charge is 0.319 e. The van der Waals surface area contributed by atoms with E-state index < -0.39 is 0 Å². The van der Waals surface area contributed by atoms with Crippen LogP contribution in [0, 0.1) is 13.8 Å². The van der Waals surface area contributed by atoms with E-state index >= 15 is 0 Å². The van der Waals surface area contributed by atoms with Crippen LogP contribution in [0.15, 0.2) is 40.9 Å². The van der Waals surface area contributed by atoms with E-state index in [4.69, 9.17) is 9.15 Å². The van der Waals surface area contributed by atoms with Gasteiger partial charge >= 0.3 is 6.03 Å². The second kappa shape index (κ2) is 7.70. The van der Waals surface area contributed by atoms with Gasteiger partial charge in [-0.25, -0.2) is 9.78 Å². The topological polar surface area (TPSA) is 87.9 Å². The van der Waals surface area contributed by atoms with Crippen LogP contribution >= 0.6 is 0 Å². The number of aromatic nitrogens is 1. The van der Waals surface area contributed by atoms with Crippen molar-refractivity contribution < 1.29 is 18.7 Å². The van der Waals surface area contributed by atoms with Gasteiger partial charge in [0.1, 0.15) is 29.0 Å². The third kappa shape index (κ3) is 3.94. The summed E-state index contributed by atoms with van der Waals surface area (Å²) >= 11 is 0. The van der Waals surface area contributed by atoms with E-state index in [2.05, 4.69) is 10.3 Å². The maximum absolute atomic E-state index is 12.8. The van der Waals surface area contributed by atoms with Crippen molar-refractivity contribution in [2.75, 3.05) is 32.5 Å². The highest BCUT2D eigenvalue weighted by atomic mass is 16.5. The zero-order valence-electron chi connectivity index (χ0n) is 17.4. The summed E-state index contributed by atoms with van der Waals surface area (Å²) in [4.78, 5) is 32.2. The molecule has 3 aromatic rings. The number of anilines is 1. The highest BCUT2D eigenvalue weighted by Crippen LogP contribution is 2.32. The Morgan fingerprint density at radius 3 is 2.63 bits per heavy atom. The molecule has 0 unspecified atom stereocenters. The summed E-state index contributed by atoms with van der Waals surface area (Å²) in [7, 11) is 3.44. The molecular formula is C22H24N4O4. The Hall–Kier alpha value is -3.55. The third-order valence-electron chi connectivity index (χ3n) is 4.93. The van der Waals surface area contributed by atoms with Gasteiger partial charge in [-0.3, -0.25) is 4.79 Å². The molecule has 0 bridgehead atoms. The second-order valence-electron chi connectivity index (χ2n) is 7.74. The van der Waals surface area contributed by atoms with Gasteiger partial charge in [-0.15, -0.1) is 0 Å². The Morgan fingerprint density at radius 1 is 1.20 bits per heavy atom. The van der Waals surface area contributed by atoms with Crippen LogP contribution in [0.3, 0.4) is 0 Å². The number of rotatable bonds is 4. The fourth-order valence-electron chi connectivity index (χ4n) is 3.32. The van der Waals surface area contributed by atoms with Gasteiger partial charge in [0.05, 0.1) is 18.5 Å². The lowest BCUT2D eigenvalue weighted by atomic mass is 10.1. The van der Waals surface area contributed by atoms with Crippen molar-refractivity contribution in [2.45, 2.75) is 20.0 Å². The molecule has 0 saturated carbocycles. The van der Waals surface area contributed by atoms with Gasteiger partial charge in [-0.2, -0.15) is 0 Å². The molecule has 0 spiro atoms. The van der Waals surface area contributed by atoms with Crippen molar-refractivity contribution in [3.8, 4) is 5.75 Å². The number of fused-ring (bicyclic) bond motifs is 1. The number of amides is 3. The molecule has 156 valence electrons. The number of nitrogens with zero attached hydrogens (tertiary/aromatic N) is 3. The molecule has 1 N–H and O–H groups in total. The molecule has 1 saturated heterocycles. The monoisotopic (exact) mass is 408 g/mol. The Morgan fingerprint density at radius 2 is 1.97 bits per heavy atom. The minimum atomic E-state index is -0.301. The average molecular weight is 408 g/mol. The summed E-state index contributed by atoms with van der Waals surface area (Å²) in [6, 6.07) is 8.88. The van der Waals surface area contributed by atoms with Crippen molar-refractivity contribution >= 4 is 28.7 Å². The molecule has 0 aliphatic carbocycles. The van der Waals surface area contributed by atoms with Crippen LogP contribution in [0.1, 0.15) is 21.7 Å². The Balaban J connectivity index is 1.55. The Kier molecular flexibility index (Phi) is 5.07. The van der Waals surface area contributed by atoms with Gasteiger partial charge in [-0.1, -0.05) is 6.07 Å². The highest BCUT2D eigenvalue weighted by Gasteiger charge is 2.33. The number of benzene rings is 1. The van der Waals surface area contributed by atoms with Gasteiger partial charge in [0, 0.05) is 25.9 Å². The first-order valence-corrected chi connectivity index (χ1v) is 9.71. The van der Waals surface area contributed by atoms with Crippen molar-refractivity contribution in [2.24, 2.45) is 0 Å². The highest BCUT2D eigenvalue weighted by molar-refractivity contribution is 6.06. The quantitative estimate of drug-likeness (QED) is 0.714. The van der Waals surface area contributed by atoms with E-state index in [9.17, 15) is 9.59 Å². The molecule has 1 fully saturated rings. The molecule has 3 heterocycles. The van der Waals surface area contributed by atoms with Gasteiger partial charge in [0.25, 0.3) is 5.91 Å². The van der Waals surface area contributed by atoms with E-state index in [0.29, 0.717) is 35.8 Å². The summed E-state index contributed by atoms with van der Waals surface area (Å²) in [5.41, 5.74) is 2.00.